The molecule has 1 N–H and O–H groups in total. The van der Waals surface area contributed by atoms with Crippen LogP contribution in [0, 0.1) is 5.82 Å². The summed E-state index contributed by atoms with van der Waals surface area (Å²) in [7, 11) is 1.27. The molecule has 0 saturated carbocycles. The lowest BCUT2D eigenvalue weighted by Gasteiger charge is -2.18. The molecule has 1 amide bonds. The number of rotatable bonds is 6. The van der Waals surface area contributed by atoms with E-state index in [4.69, 9.17) is 4.74 Å². The molecular formula is C20H21FN4O3. The van der Waals surface area contributed by atoms with Crippen molar-refractivity contribution in [3.63, 3.8) is 0 Å². The summed E-state index contributed by atoms with van der Waals surface area (Å²) in [5.41, 5.74) is 1.63. The number of ether oxygens (including phenoxy) is 1. The second-order valence-corrected chi connectivity index (χ2v) is 6.68. The molecule has 1 atom stereocenters. The van der Waals surface area contributed by atoms with Crippen LogP contribution in [-0.4, -0.2) is 33.8 Å². The summed E-state index contributed by atoms with van der Waals surface area (Å²) in [4.78, 5) is 28.8. The van der Waals surface area contributed by atoms with Crippen molar-refractivity contribution in [2.45, 2.75) is 32.4 Å². The first-order valence-electron chi connectivity index (χ1n) is 8.85. The Morgan fingerprint density at radius 3 is 2.57 bits per heavy atom. The molecule has 0 radical (unpaired) electrons. The Morgan fingerprint density at radius 2 is 1.93 bits per heavy atom. The van der Waals surface area contributed by atoms with Crippen LogP contribution in [0.15, 0.2) is 42.7 Å². The maximum atomic E-state index is 13.2. The number of aromatic nitrogens is 3. The number of nitrogens with zero attached hydrogens (tertiary/aromatic N) is 3. The molecule has 1 aromatic carbocycles. The van der Waals surface area contributed by atoms with Crippen molar-refractivity contribution in [1.29, 1.82) is 0 Å². The van der Waals surface area contributed by atoms with Gasteiger partial charge in [0.1, 0.15) is 5.82 Å². The molecule has 3 rings (SSSR count). The van der Waals surface area contributed by atoms with Crippen LogP contribution < -0.4 is 5.32 Å². The van der Waals surface area contributed by atoms with E-state index in [1.807, 2.05) is 13.8 Å². The zero-order chi connectivity index (χ0) is 20.3. The van der Waals surface area contributed by atoms with Crippen LogP contribution in [0.1, 0.15) is 48.3 Å². The second-order valence-electron chi connectivity index (χ2n) is 6.68. The van der Waals surface area contributed by atoms with Gasteiger partial charge in [-0.05, 0) is 37.6 Å². The normalized spacial score (nSPS) is 12.2. The van der Waals surface area contributed by atoms with E-state index in [0.717, 1.165) is 5.39 Å². The summed E-state index contributed by atoms with van der Waals surface area (Å²) >= 11 is 0. The summed E-state index contributed by atoms with van der Waals surface area (Å²) < 4.78 is 19.7. The summed E-state index contributed by atoms with van der Waals surface area (Å²) in [5, 5.41) is 7.83. The fourth-order valence-electron chi connectivity index (χ4n) is 2.88. The van der Waals surface area contributed by atoms with E-state index in [9.17, 15) is 14.0 Å². The van der Waals surface area contributed by atoms with Gasteiger partial charge in [-0.2, -0.15) is 5.10 Å². The molecule has 2 heterocycles. The summed E-state index contributed by atoms with van der Waals surface area (Å²) in [6.45, 7) is 3.99. The predicted molar refractivity (Wildman–Crippen MR) is 101 cm³/mol. The van der Waals surface area contributed by atoms with Crippen LogP contribution in [0.25, 0.3) is 11.0 Å². The second kappa shape index (κ2) is 8.16. The third-order valence-electron chi connectivity index (χ3n) is 4.36. The highest BCUT2D eigenvalue weighted by atomic mass is 19.1. The Morgan fingerprint density at radius 1 is 1.21 bits per heavy atom. The number of benzene rings is 1. The van der Waals surface area contributed by atoms with Gasteiger partial charge in [0.05, 0.1) is 31.3 Å². The van der Waals surface area contributed by atoms with Crippen LogP contribution in [0.2, 0.25) is 0 Å². The number of methoxy groups -OCH3 is 1. The fourth-order valence-corrected chi connectivity index (χ4v) is 2.88. The maximum absolute atomic E-state index is 13.2. The molecule has 0 fully saturated rings. The molecule has 2 aromatic heterocycles. The highest BCUT2D eigenvalue weighted by Gasteiger charge is 2.21. The molecule has 0 aliphatic carbocycles. The maximum Gasteiger partial charge on any atom is 0.307 e. The van der Waals surface area contributed by atoms with Crippen LogP contribution in [0.4, 0.5) is 4.39 Å². The van der Waals surface area contributed by atoms with Gasteiger partial charge in [0.2, 0.25) is 0 Å². The van der Waals surface area contributed by atoms with Crippen LogP contribution in [0.5, 0.6) is 0 Å². The predicted octanol–water partition coefficient (Wildman–Crippen LogP) is 3.19. The number of hydrogen-bond acceptors (Lipinski definition) is 5. The highest BCUT2D eigenvalue weighted by molar-refractivity contribution is 5.97. The lowest BCUT2D eigenvalue weighted by molar-refractivity contribution is -0.141. The topological polar surface area (TPSA) is 86.1 Å². The number of nitrogens with one attached hydrogen (secondary N) is 1. The van der Waals surface area contributed by atoms with E-state index in [1.165, 1.54) is 37.6 Å². The minimum Gasteiger partial charge on any atom is -0.469 e. The van der Waals surface area contributed by atoms with E-state index in [0.29, 0.717) is 16.8 Å². The molecule has 7 nitrogen and oxygen atoms in total. The SMILES string of the molecule is COC(=O)C[C@@H](NC(=O)c1cnc2c(cnn2C(C)C)c1)c1ccc(F)cc1. The zero-order valence-corrected chi connectivity index (χ0v) is 15.8. The minimum absolute atomic E-state index is 0.0746. The third-order valence-corrected chi connectivity index (χ3v) is 4.36. The number of halogens is 1. The third kappa shape index (κ3) is 4.16. The van der Waals surface area contributed by atoms with Crippen LogP contribution in [-0.2, 0) is 9.53 Å². The Bertz CT molecular complexity index is 998. The quantitative estimate of drug-likeness (QED) is 0.660. The first-order chi connectivity index (χ1) is 13.4. The zero-order valence-electron chi connectivity index (χ0n) is 15.8. The lowest BCUT2D eigenvalue weighted by atomic mass is 10.0. The number of hydrogen-bond donors (Lipinski definition) is 1. The molecule has 3 aromatic rings. The van der Waals surface area contributed by atoms with E-state index >= 15 is 0 Å². The largest absolute Gasteiger partial charge is 0.469 e. The summed E-state index contributed by atoms with van der Waals surface area (Å²) in [6, 6.07) is 6.79. The average molecular weight is 384 g/mol. The lowest BCUT2D eigenvalue weighted by Crippen LogP contribution is -2.30. The Kier molecular flexibility index (Phi) is 5.67. The molecule has 0 bridgehead atoms. The van der Waals surface area contributed by atoms with Gasteiger partial charge < -0.3 is 10.1 Å². The van der Waals surface area contributed by atoms with E-state index < -0.39 is 23.7 Å². The number of fused-ring (bicyclic) bond motifs is 1. The molecule has 0 saturated heterocycles. The van der Waals surface area contributed by atoms with Gasteiger partial charge in [-0.15, -0.1) is 0 Å². The molecule has 0 aliphatic heterocycles. The first kappa shape index (κ1) is 19.5. The van der Waals surface area contributed by atoms with Gasteiger partial charge in [-0.1, -0.05) is 12.1 Å². The first-order valence-corrected chi connectivity index (χ1v) is 8.85. The van der Waals surface area contributed by atoms with Crippen molar-refractivity contribution in [3.05, 3.63) is 59.7 Å². The number of esters is 1. The molecule has 0 aliphatic rings. The number of carbonyl (C=O) groups excluding carboxylic acids is 2. The van der Waals surface area contributed by atoms with Crippen molar-refractivity contribution in [3.8, 4) is 0 Å². The van der Waals surface area contributed by atoms with Gasteiger partial charge in [0.25, 0.3) is 5.91 Å². The molecule has 28 heavy (non-hydrogen) atoms. The number of pyridine rings is 1. The monoisotopic (exact) mass is 384 g/mol. The van der Waals surface area contributed by atoms with Crippen molar-refractivity contribution in [2.75, 3.05) is 7.11 Å². The average Bonchev–Trinajstić information content (AvgIpc) is 3.11. The summed E-state index contributed by atoms with van der Waals surface area (Å²) in [6.07, 6.45) is 3.05. The number of carbonyl (C=O) groups is 2. The van der Waals surface area contributed by atoms with Crippen LogP contribution >= 0.6 is 0 Å². The van der Waals surface area contributed by atoms with Crippen LogP contribution in [0.3, 0.4) is 0 Å². The smallest absolute Gasteiger partial charge is 0.307 e. The summed E-state index contributed by atoms with van der Waals surface area (Å²) in [5.74, 6) is -1.28. The van der Waals surface area contributed by atoms with Crippen molar-refractivity contribution in [1.82, 2.24) is 20.1 Å². The van der Waals surface area contributed by atoms with Crippen molar-refractivity contribution in [2.24, 2.45) is 0 Å². The van der Waals surface area contributed by atoms with Crippen molar-refractivity contribution < 1.29 is 18.7 Å². The van der Waals surface area contributed by atoms with Gasteiger partial charge in [-0.25, -0.2) is 14.1 Å². The van der Waals surface area contributed by atoms with Gasteiger partial charge in [0.15, 0.2) is 5.65 Å². The highest BCUT2D eigenvalue weighted by Crippen LogP contribution is 2.20. The number of amides is 1. The Labute approximate surface area is 161 Å². The Balaban J connectivity index is 1.85. The molecule has 0 unspecified atom stereocenters. The molecule has 146 valence electrons. The standard InChI is InChI=1S/C20H21FN4O3/c1-12(2)25-19-14(11-23-25)8-15(10-22-19)20(27)24-17(9-18(26)28-3)13-4-6-16(21)7-5-13/h4-8,10-12,17H,9H2,1-3H3,(H,24,27)/t17-/m1/s1. The van der Waals surface area contributed by atoms with E-state index in [2.05, 4.69) is 15.4 Å². The fraction of sp³-hybridized carbons (Fsp3) is 0.300. The minimum atomic E-state index is -0.658. The van der Waals surface area contributed by atoms with Crippen molar-refractivity contribution >= 4 is 22.9 Å². The Hall–Kier alpha value is -3.29. The molecule has 0 spiro atoms. The van der Waals surface area contributed by atoms with E-state index in [1.54, 1.807) is 16.9 Å². The van der Waals surface area contributed by atoms with Gasteiger partial charge in [-0.3, -0.25) is 9.59 Å². The molecule has 8 heteroatoms. The molecular weight excluding hydrogens is 363 g/mol. The van der Waals surface area contributed by atoms with E-state index in [-0.39, 0.29) is 12.5 Å². The van der Waals surface area contributed by atoms with Gasteiger partial charge in [0, 0.05) is 17.6 Å². The van der Waals surface area contributed by atoms with Gasteiger partial charge >= 0.3 is 5.97 Å².